The van der Waals surface area contributed by atoms with E-state index in [1.807, 2.05) is 6.07 Å². The molecule has 1 atom stereocenters. The second-order valence-electron chi connectivity index (χ2n) is 6.05. The summed E-state index contributed by atoms with van der Waals surface area (Å²) in [6.45, 7) is 6.54. The SMILES string of the molecule is CC[C@@H](C)c1ccc2cc(C)c3nc4ccccc4n3c2n1. The number of aryl methyl sites for hydroxylation is 1. The van der Waals surface area contributed by atoms with Gasteiger partial charge in [0.05, 0.1) is 11.0 Å². The van der Waals surface area contributed by atoms with Gasteiger partial charge in [0.1, 0.15) is 11.3 Å². The lowest BCUT2D eigenvalue weighted by Crippen LogP contribution is -2.00. The van der Waals surface area contributed by atoms with E-state index in [0.29, 0.717) is 5.92 Å². The maximum atomic E-state index is 4.96. The van der Waals surface area contributed by atoms with Crippen LogP contribution in [0.2, 0.25) is 0 Å². The van der Waals surface area contributed by atoms with Gasteiger partial charge in [-0.2, -0.15) is 0 Å². The summed E-state index contributed by atoms with van der Waals surface area (Å²) in [5.41, 5.74) is 6.49. The van der Waals surface area contributed by atoms with Gasteiger partial charge in [-0.1, -0.05) is 26.0 Å². The summed E-state index contributed by atoms with van der Waals surface area (Å²) in [6, 6.07) is 14.8. The molecule has 0 saturated heterocycles. The molecule has 4 rings (SSSR count). The average Bonchev–Trinajstić information content (AvgIpc) is 2.94. The van der Waals surface area contributed by atoms with Crippen LogP contribution in [0.25, 0.3) is 27.7 Å². The molecule has 0 amide bonds. The number of hydrogen-bond acceptors (Lipinski definition) is 2. The van der Waals surface area contributed by atoms with Crippen LogP contribution in [0.1, 0.15) is 37.4 Å². The highest BCUT2D eigenvalue weighted by Crippen LogP contribution is 2.26. The number of aromatic nitrogens is 3. The lowest BCUT2D eigenvalue weighted by molar-refractivity contribution is 0.710. The van der Waals surface area contributed by atoms with Gasteiger partial charge in [-0.05, 0) is 55.2 Å². The van der Waals surface area contributed by atoms with E-state index in [1.54, 1.807) is 0 Å². The Labute approximate surface area is 129 Å². The molecule has 22 heavy (non-hydrogen) atoms. The first-order chi connectivity index (χ1) is 10.7. The first-order valence-electron chi connectivity index (χ1n) is 7.86. The molecule has 0 fully saturated rings. The lowest BCUT2D eigenvalue weighted by Gasteiger charge is -2.11. The molecule has 4 aromatic rings. The number of imidazole rings is 1. The minimum atomic E-state index is 0.468. The Morgan fingerprint density at radius 2 is 1.86 bits per heavy atom. The lowest BCUT2D eigenvalue weighted by atomic mass is 10.0. The summed E-state index contributed by atoms with van der Waals surface area (Å²) in [6.07, 6.45) is 1.10. The van der Waals surface area contributed by atoms with Crippen molar-refractivity contribution in [1.29, 1.82) is 0 Å². The fourth-order valence-corrected chi connectivity index (χ4v) is 3.05. The quantitative estimate of drug-likeness (QED) is 0.527. The molecule has 0 radical (unpaired) electrons. The summed E-state index contributed by atoms with van der Waals surface area (Å²) in [5, 5.41) is 1.17. The predicted octanol–water partition coefficient (Wildman–Crippen LogP) is 4.86. The van der Waals surface area contributed by atoms with Crippen molar-refractivity contribution < 1.29 is 0 Å². The van der Waals surface area contributed by atoms with Gasteiger partial charge >= 0.3 is 0 Å². The van der Waals surface area contributed by atoms with E-state index in [2.05, 4.69) is 61.6 Å². The van der Waals surface area contributed by atoms with Crippen molar-refractivity contribution in [2.75, 3.05) is 0 Å². The van der Waals surface area contributed by atoms with Gasteiger partial charge < -0.3 is 0 Å². The molecule has 3 heteroatoms. The first kappa shape index (κ1) is 13.3. The third-order valence-electron chi connectivity index (χ3n) is 4.54. The Morgan fingerprint density at radius 3 is 2.68 bits per heavy atom. The van der Waals surface area contributed by atoms with Crippen molar-refractivity contribution in [3.8, 4) is 0 Å². The fraction of sp³-hybridized carbons (Fsp3) is 0.263. The maximum absolute atomic E-state index is 4.96. The second-order valence-corrected chi connectivity index (χ2v) is 6.05. The van der Waals surface area contributed by atoms with Gasteiger partial charge in [0, 0.05) is 11.1 Å². The largest absolute Gasteiger partial charge is 0.276 e. The van der Waals surface area contributed by atoms with E-state index in [1.165, 1.54) is 10.9 Å². The van der Waals surface area contributed by atoms with Gasteiger partial charge in [0.2, 0.25) is 0 Å². The highest BCUT2D eigenvalue weighted by molar-refractivity contribution is 5.90. The maximum Gasteiger partial charge on any atom is 0.146 e. The van der Waals surface area contributed by atoms with Crippen LogP contribution in [-0.4, -0.2) is 14.4 Å². The smallest absolute Gasteiger partial charge is 0.146 e. The predicted molar refractivity (Wildman–Crippen MR) is 91.4 cm³/mol. The normalized spacial score (nSPS) is 13.2. The zero-order chi connectivity index (χ0) is 15.3. The van der Waals surface area contributed by atoms with Crippen molar-refractivity contribution in [3.63, 3.8) is 0 Å². The molecular weight excluding hydrogens is 270 g/mol. The van der Waals surface area contributed by atoms with Gasteiger partial charge in [-0.3, -0.25) is 4.40 Å². The summed E-state index contributed by atoms with van der Waals surface area (Å²) in [4.78, 5) is 9.74. The van der Waals surface area contributed by atoms with Crippen LogP contribution in [0.3, 0.4) is 0 Å². The van der Waals surface area contributed by atoms with Crippen LogP contribution in [-0.2, 0) is 0 Å². The molecule has 0 aliphatic rings. The van der Waals surface area contributed by atoms with Gasteiger partial charge in [-0.25, -0.2) is 9.97 Å². The van der Waals surface area contributed by atoms with E-state index >= 15 is 0 Å². The van der Waals surface area contributed by atoms with Crippen molar-refractivity contribution in [3.05, 3.63) is 53.7 Å². The number of para-hydroxylation sites is 2. The zero-order valence-corrected chi connectivity index (χ0v) is 13.2. The Balaban J connectivity index is 2.19. The molecule has 0 aliphatic heterocycles. The summed E-state index contributed by atoms with van der Waals surface area (Å²) in [7, 11) is 0. The van der Waals surface area contributed by atoms with E-state index in [0.717, 1.165) is 34.4 Å². The van der Waals surface area contributed by atoms with Crippen LogP contribution < -0.4 is 0 Å². The molecule has 0 aliphatic carbocycles. The molecule has 0 N–H and O–H groups in total. The Kier molecular flexibility index (Phi) is 2.89. The van der Waals surface area contributed by atoms with Crippen LogP contribution in [0, 0.1) is 6.92 Å². The molecule has 0 saturated carbocycles. The van der Waals surface area contributed by atoms with E-state index in [-0.39, 0.29) is 0 Å². The Bertz CT molecular complexity index is 998. The van der Waals surface area contributed by atoms with Gasteiger partial charge in [-0.15, -0.1) is 0 Å². The standard InChI is InChI=1S/C19H19N3/c1-4-12(2)15-10-9-14-11-13(3)18-21-16-7-5-6-8-17(16)22(18)19(14)20-15/h5-12H,4H2,1-3H3/t12-/m1/s1. The Morgan fingerprint density at radius 1 is 1.05 bits per heavy atom. The molecule has 3 nitrogen and oxygen atoms in total. The summed E-state index contributed by atoms with van der Waals surface area (Å²) >= 11 is 0. The Hall–Kier alpha value is -2.42. The van der Waals surface area contributed by atoms with Crippen LogP contribution in [0.15, 0.2) is 42.5 Å². The van der Waals surface area contributed by atoms with Crippen LogP contribution >= 0.6 is 0 Å². The monoisotopic (exact) mass is 289 g/mol. The van der Waals surface area contributed by atoms with E-state index in [4.69, 9.17) is 9.97 Å². The zero-order valence-electron chi connectivity index (χ0n) is 13.2. The minimum Gasteiger partial charge on any atom is -0.276 e. The molecular formula is C19H19N3. The van der Waals surface area contributed by atoms with Crippen molar-refractivity contribution in [2.45, 2.75) is 33.1 Å². The minimum absolute atomic E-state index is 0.468. The van der Waals surface area contributed by atoms with Crippen molar-refractivity contribution in [2.24, 2.45) is 0 Å². The fourth-order valence-electron chi connectivity index (χ4n) is 3.05. The number of hydrogen-bond donors (Lipinski definition) is 0. The third kappa shape index (κ3) is 1.82. The number of pyridine rings is 2. The molecule has 0 bridgehead atoms. The van der Waals surface area contributed by atoms with Gasteiger partial charge in [0.15, 0.2) is 0 Å². The average molecular weight is 289 g/mol. The third-order valence-corrected chi connectivity index (χ3v) is 4.54. The van der Waals surface area contributed by atoms with Crippen molar-refractivity contribution >= 4 is 27.7 Å². The highest BCUT2D eigenvalue weighted by atomic mass is 15.1. The molecule has 3 aromatic heterocycles. The van der Waals surface area contributed by atoms with E-state index in [9.17, 15) is 0 Å². The topological polar surface area (TPSA) is 30.2 Å². The molecule has 3 heterocycles. The van der Waals surface area contributed by atoms with Gasteiger partial charge in [0.25, 0.3) is 0 Å². The van der Waals surface area contributed by atoms with Crippen molar-refractivity contribution in [1.82, 2.24) is 14.4 Å². The molecule has 0 spiro atoms. The van der Waals surface area contributed by atoms with Crippen LogP contribution in [0.4, 0.5) is 0 Å². The summed E-state index contributed by atoms with van der Waals surface area (Å²) < 4.78 is 2.20. The first-order valence-corrected chi connectivity index (χ1v) is 7.86. The molecule has 0 unspecified atom stereocenters. The van der Waals surface area contributed by atoms with Crippen LogP contribution in [0.5, 0.6) is 0 Å². The number of nitrogens with zero attached hydrogens (tertiary/aromatic N) is 3. The number of rotatable bonds is 2. The summed E-state index contributed by atoms with van der Waals surface area (Å²) in [5.74, 6) is 0.468. The number of benzene rings is 1. The second kappa shape index (κ2) is 4.80. The molecule has 110 valence electrons. The molecule has 1 aromatic carbocycles. The number of fused-ring (bicyclic) bond motifs is 5. The van der Waals surface area contributed by atoms with E-state index < -0.39 is 0 Å². The highest BCUT2D eigenvalue weighted by Gasteiger charge is 2.13.